The van der Waals surface area contributed by atoms with Gasteiger partial charge >= 0.3 is 0 Å². The van der Waals surface area contributed by atoms with Crippen LogP contribution in [0.5, 0.6) is 0 Å². The average Bonchev–Trinajstić information content (AvgIpc) is 2.36. The molecule has 0 aliphatic rings. The van der Waals surface area contributed by atoms with Gasteiger partial charge in [0.2, 0.25) is 5.91 Å². The van der Waals surface area contributed by atoms with Gasteiger partial charge in [0.1, 0.15) is 18.0 Å². The molecule has 0 atom stereocenters. The molecular formula is C11H19N5O. The number of carbonyl (C=O) groups excluding carboxylic acids is 1. The van der Waals surface area contributed by atoms with Gasteiger partial charge < -0.3 is 15.5 Å². The number of rotatable bonds is 6. The summed E-state index contributed by atoms with van der Waals surface area (Å²) in [7, 11) is 3.62. The number of nitrogens with one attached hydrogen (secondary N) is 2. The van der Waals surface area contributed by atoms with E-state index >= 15 is 0 Å². The Kier molecular flexibility index (Phi) is 5.19. The summed E-state index contributed by atoms with van der Waals surface area (Å²) in [4.78, 5) is 21.4. The summed E-state index contributed by atoms with van der Waals surface area (Å²) in [6, 6.07) is 1.80. The molecule has 6 heteroatoms. The highest BCUT2D eigenvalue weighted by Crippen LogP contribution is 2.11. The molecule has 0 aliphatic carbocycles. The minimum Gasteiger partial charge on any atom is -0.373 e. The first kappa shape index (κ1) is 13.2. The normalized spacial score (nSPS) is 9.82. The molecule has 1 heterocycles. The van der Waals surface area contributed by atoms with Crippen molar-refractivity contribution in [3.8, 4) is 0 Å². The SMILES string of the molecule is CCCNC(=O)CN(C)c1cc(NC)ncn1. The Balaban J connectivity index is 2.56. The van der Waals surface area contributed by atoms with Crippen molar-refractivity contribution in [1.82, 2.24) is 15.3 Å². The van der Waals surface area contributed by atoms with Gasteiger partial charge in [-0.3, -0.25) is 4.79 Å². The van der Waals surface area contributed by atoms with Gasteiger partial charge in [0.15, 0.2) is 0 Å². The lowest BCUT2D eigenvalue weighted by Crippen LogP contribution is -2.35. The van der Waals surface area contributed by atoms with Crippen LogP contribution in [0.15, 0.2) is 12.4 Å². The largest absolute Gasteiger partial charge is 0.373 e. The molecule has 0 saturated carbocycles. The Labute approximate surface area is 101 Å². The summed E-state index contributed by atoms with van der Waals surface area (Å²) < 4.78 is 0. The number of nitrogens with zero attached hydrogens (tertiary/aromatic N) is 3. The molecule has 0 unspecified atom stereocenters. The quantitative estimate of drug-likeness (QED) is 0.753. The van der Waals surface area contributed by atoms with Crippen LogP contribution in [0.3, 0.4) is 0 Å². The zero-order chi connectivity index (χ0) is 12.7. The molecule has 2 N–H and O–H groups in total. The summed E-state index contributed by atoms with van der Waals surface area (Å²) in [6.45, 7) is 3.02. The molecule has 0 aliphatic heterocycles. The molecule has 1 aromatic heterocycles. The second-order valence-electron chi connectivity index (χ2n) is 3.72. The monoisotopic (exact) mass is 237 g/mol. The van der Waals surface area contributed by atoms with Crippen molar-refractivity contribution in [2.75, 3.05) is 37.4 Å². The number of hydrogen-bond donors (Lipinski definition) is 2. The van der Waals surface area contributed by atoms with Crippen LogP contribution in [-0.2, 0) is 4.79 Å². The first-order valence-electron chi connectivity index (χ1n) is 5.65. The number of amides is 1. The van der Waals surface area contributed by atoms with Crippen LogP contribution in [0.1, 0.15) is 13.3 Å². The van der Waals surface area contributed by atoms with Gasteiger partial charge in [-0.05, 0) is 6.42 Å². The van der Waals surface area contributed by atoms with E-state index in [2.05, 4.69) is 20.6 Å². The minimum absolute atomic E-state index is 0.000954. The van der Waals surface area contributed by atoms with Gasteiger partial charge in [-0.25, -0.2) is 9.97 Å². The highest BCUT2D eigenvalue weighted by Gasteiger charge is 2.08. The number of anilines is 2. The Morgan fingerprint density at radius 3 is 2.88 bits per heavy atom. The third-order valence-electron chi connectivity index (χ3n) is 2.25. The number of likely N-dealkylation sites (N-methyl/N-ethyl adjacent to an activating group) is 1. The first-order valence-corrected chi connectivity index (χ1v) is 5.65. The molecule has 0 saturated heterocycles. The summed E-state index contributed by atoms with van der Waals surface area (Å²) in [6.07, 6.45) is 2.41. The second-order valence-corrected chi connectivity index (χ2v) is 3.72. The molecule has 0 radical (unpaired) electrons. The van der Waals surface area contributed by atoms with E-state index in [0.29, 0.717) is 13.1 Å². The fourth-order valence-corrected chi connectivity index (χ4v) is 1.31. The molecular weight excluding hydrogens is 218 g/mol. The van der Waals surface area contributed by atoms with Crippen molar-refractivity contribution in [3.05, 3.63) is 12.4 Å². The highest BCUT2D eigenvalue weighted by atomic mass is 16.2. The standard InChI is InChI=1S/C11H19N5O/c1-4-5-13-11(17)7-16(3)10-6-9(12-2)14-8-15-10/h6,8H,4-5,7H2,1-3H3,(H,13,17)(H,12,14,15). The second kappa shape index (κ2) is 6.67. The maximum atomic E-state index is 11.5. The van der Waals surface area contributed by atoms with E-state index in [-0.39, 0.29) is 5.91 Å². The molecule has 0 bridgehead atoms. The minimum atomic E-state index is -0.000954. The number of aromatic nitrogens is 2. The summed E-state index contributed by atoms with van der Waals surface area (Å²) in [5.74, 6) is 1.45. The van der Waals surface area contributed by atoms with E-state index in [1.807, 2.05) is 14.0 Å². The first-order chi connectivity index (χ1) is 8.17. The predicted molar refractivity (Wildman–Crippen MR) is 68.1 cm³/mol. The lowest BCUT2D eigenvalue weighted by Gasteiger charge is -2.17. The molecule has 0 aromatic carbocycles. The Morgan fingerprint density at radius 1 is 1.47 bits per heavy atom. The number of hydrogen-bond acceptors (Lipinski definition) is 5. The fourth-order valence-electron chi connectivity index (χ4n) is 1.31. The molecule has 17 heavy (non-hydrogen) atoms. The Bertz CT molecular complexity index is 369. The van der Waals surface area contributed by atoms with Crippen LogP contribution in [0.4, 0.5) is 11.6 Å². The van der Waals surface area contributed by atoms with E-state index < -0.39 is 0 Å². The zero-order valence-corrected chi connectivity index (χ0v) is 10.5. The van der Waals surface area contributed by atoms with Crippen LogP contribution in [-0.4, -0.2) is 43.1 Å². The van der Waals surface area contributed by atoms with Crippen molar-refractivity contribution >= 4 is 17.5 Å². The van der Waals surface area contributed by atoms with Crippen LogP contribution in [0, 0.1) is 0 Å². The van der Waals surface area contributed by atoms with Crippen molar-refractivity contribution < 1.29 is 4.79 Å². The highest BCUT2D eigenvalue weighted by molar-refractivity contribution is 5.80. The van der Waals surface area contributed by atoms with Crippen LogP contribution < -0.4 is 15.5 Å². The third kappa shape index (κ3) is 4.26. The van der Waals surface area contributed by atoms with Crippen molar-refractivity contribution in [3.63, 3.8) is 0 Å². The topological polar surface area (TPSA) is 70.2 Å². The van der Waals surface area contributed by atoms with E-state index in [4.69, 9.17) is 0 Å². The van der Waals surface area contributed by atoms with Gasteiger partial charge in [0.25, 0.3) is 0 Å². The van der Waals surface area contributed by atoms with Crippen LogP contribution >= 0.6 is 0 Å². The number of carbonyl (C=O) groups is 1. The third-order valence-corrected chi connectivity index (χ3v) is 2.25. The van der Waals surface area contributed by atoms with Crippen molar-refractivity contribution in [2.45, 2.75) is 13.3 Å². The van der Waals surface area contributed by atoms with E-state index in [0.717, 1.165) is 18.1 Å². The lowest BCUT2D eigenvalue weighted by molar-refractivity contribution is -0.119. The molecule has 0 spiro atoms. The Hall–Kier alpha value is -1.85. The molecule has 1 rings (SSSR count). The average molecular weight is 237 g/mol. The molecule has 94 valence electrons. The van der Waals surface area contributed by atoms with Crippen LogP contribution in [0.2, 0.25) is 0 Å². The zero-order valence-electron chi connectivity index (χ0n) is 10.5. The Morgan fingerprint density at radius 2 is 2.24 bits per heavy atom. The molecule has 0 fully saturated rings. The summed E-state index contributed by atoms with van der Waals surface area (Å²) in [5, 5.41) is 5.75. The predicted octanol–water partition coefficient (Wildman–Crippen LogP) is 0.481. The smallest absolute Gasteiger partial charge is 0.239 e. The van der Waals surface area contributed by atoms with Gasteiger partial charge in [0, 0.05) is 26.7 Å². The fraction of sp³-hybridized carbons (Fsp3) is 0.545. The molecule has 1 aromatic rings. The summed E-state index contributed by atoms with van der Waals surface area (Å²) >= 11 is 0. The van der Waals surface area contributed by atoms with Gasteiger partial charge in [-0.2, -0.15) is 0 Å². The van der Waals surface area contributed by atoms with E-state index in [1.54, 1.807) is 18.0 Å². The van der Waals surface area contributed by atoms with E-state index in [9.17, 15) is 4.79 Å². The van der Waals surface area contributed by atoms with E-state index in [1.165, 1.54) is 6.33 Å². The van der Waals surface area contributed by atoms with Crippen molar-refractivity contribution in [2.24, 2.45) is 0 Å². The lowest BCUT2D eigenvalue weighted by atomic mass is 10.4. The van der Waals surface area contributed by atoms with Gasteiger partial charge in [-0.15, -0.1) is 0 Å². The van der Waals surface area contributed by atoms with Crippen LogP contribution in [0.25, 0.3) is 0 Å². The summed E-state index contributed by atoms with van der Waals surface area (Å²) in [5.41, 5.74) is 0. The maximum absolute atomic E-state index is 11.5. The van der Waals surface area contributed by atoms with Gasteiger partial charge in [-0.1, -0.05) is 6.92 Å². The maximum Gasteiger partial charge on any atom is 0.239 e. The molecule has 6 nitrogen and oxygen atoms in total. The molecule has 1 amide bonds. The van der Waals surface area contributed by atoms with Gasteiger partial charge in [0.05, 0.1) is 6.54 Å². The van der Waals surface area contributed by atoms with Crippen molar-refractivity contribution in [1.29, 1.82) is 0 Å².